The van der Waals surface area contributed by atoms with Gasteiger partial charge in [0.2, 0.25) is 11.8 Å². The second-order valence-electron chi connectivity index (χ2n) is 11.7. The molecular formula is C33H28N2O4S2. The van der Waals surface area contributed by atoms with Gasteiger partial charge in [-0.2, -0.15) is 0 Å². The average Bonchev–Trinajstić information content (AvgIpc) is 3.72. The van der Waals surface area contributed by atoms with E-state index < -0.39 is 0 Å². The van der Waals surface area contributed by atoms with Crippen molar-refractivity contribution in [2.45, 2.75) is 36.1 Å². The molecule has 2 aliphatic heterocycles. The van der Waals surface area contributed by atoms with Crippen LogP contribution in [0.3, 0.4) is 0 Å². The van der Waals surface area contributed by atoms with Gasteiger partial charge in [0.15, 0.2) is 0 Å². The van der Waals surface area contributed by atoms with Gasteiger partial charge in [0.1, 0.15) is 12.4 Å². The van der Waals surface area contributed by atoms with Gasteiger partial charge in [-0.15, -0.1) is 11.8 Å². The number of hydrogen-bond donors (Lipinski definition) is 1. The Labute approximate surface area is 245 Å². The van der Waals surface area contributed by atoms with Crippen LogP contribution in [0.1, 0.15) is 33.9 Å². The molecule has 0 radical (unpaired) electrons. The third-order valence-electron chi connectivity index (χ3n) is 9.50. The lowest BCUT2D eigenvalue weighted by atomic mass is 9.68. The molecule has 6 nitrogen and oxygen atoms in total. The van der Waals surface area contributed by atoms with E-state index in [-0.39, 0.29) is 57.4 Å². The normalized spacial score (nSPS) is 29.4. The fourth-order valence-corrected chi connectivity index (χ4v) is 10.7. The zero-order valence-corrected chi connectivity index (χ0v) is 24.0. The summed E-state index contributed by atoms with van der Waals surface area (Å²) < 4.78 is 6.04. The number of anilines is 1. The number of fused-ring (bicyclic) bond motifs is 9. The summed E-state index contributed by atoms with van der Waals surface area (Å²) in [5, 5.41) is 1.10. The maximum Gasteiger partial charge on any atom is 0.305 e. The summed E-state index contributed by atoms with van der Waals surface area (Å²) in [5.74, 6) is 0.463. The standard InChI is InChI=1S/C33H28N2O4S2/c1-17-7-11-20(12-8-17)35-31(36)26-22-15-23(27(26)32(35)37)28-25(22)24(29-30(40-28)34-33(38)41-29)19-9-13-21(14-10-19)39-16-18-5-3-2-4-6-18/h2-14,22-28H,15-16H2,1H3,(H,34,38)/t22-,23-,24+,25+,26+,27+,28-/m1/s1. The Kier molecular flexibility index (Phi) is 5.80. The molecule has 1 saturated heterocycles. The zero-order chi connectivity index (χ0) is 27.8. The number of nitrogens with one attached hydrogen (secondary N) is 1. The summed E-state index contributed by atoms with van der Waals surface area (Å²) in [5.41, 5.74) is 3.99. The number of rotatable bonds is 5. The highest BCUT2D eigenvalue weighted by Gasteiger charge is 2.69. The second kappa shape index (κ2) is 9.46. The number of nitrogens with zero attached hydrogens (tertiary/aromatic N) is 1. The SMILES string of the molecule is Cc1ccc(N2C(=O)[C@H]3[C@H]4C[C@@H]([C@@H]3C2=O)[C@H]2[C@H](c3ccc(OCc5ccccc5)cc3)c3sc(=O)[nH]c3S[C@H]42)cc1. The number of benzene rings is 3. The van der Waals surface area contributed by atoms with Crippen molar-refractivity contribution in [2.24, 2.45) is 29.6 Å². The van der Waals surface area contributed by atoms with Crippen molar-refractivity contribution in [3.63, 3.8) is 0 Å². The minimum atomic E-state index is -0.302. The Morgan fingerprint density at radius 3 is 2.32 bits per heavy atom. The monoisotopic (exact) mass is 580 g/mol. The first-order chi connectivity index (χ1) is 20.0. The van der Waals surface area contributed by atoms with Crippen molar-refractivity contribution in [2.75, 3.05) is 4.90 Å². The van der Waals surface area contributed by atoms with Crippen LogP contribution in [0.4, 0.5) is 5.69 Å². The van der Waals surface area contributed by atoms with Crippen LogP contribution in [0.5, 0.6) is 5.75 Å². The van der Waals surface area contributed by atoms with E-state index in [1.54, 1.807) is 11.8 Å². The molecule has 41 heavy (non-hydrogen) atoms. The highest BCUT2D eigenvalue weighted by molar-refractivity contribution is 8.00. The van der Waals surface area contributed by atoms with E-state index in [0.717, 1.165) is 38.8 Å². The Hall–Kier alpha value is -3.62. The Bertz CT molecular complexity index is 1710. The highest BCUT2D eigenvalue weighted by atomic mass is 32.2. The molecule has 3 heterocycles. The zero-order valence-electron chi connectivity index (χ0n) is 22.4. The maximum absolute atomic E-state index is 13.9. The van der Waals surface area contributed by atoms with Gasteiger partial charge in [0.05, 0.1) is 22.5 Å². The molecule has 3 fully saturated rings. The molecule has 206 valence electrons. The van der Waals surface area contributed by atoms with E-state index in [4.69, 9.17) is 4.74 Å². The summed E-state index contributed by atoms with van der Waals surface area (Å²) in [6.45, 7) is 2.49. The molecule has 4 aromatic rings. The number of aromatic amines is 1. The lowest BCUT2D eigenvalue weighted by Crippen LogP contribution is -2.42. The third kappa shape index (κ3) is 3.87. The molecule has 1 N–H and O–H groups in total. The van der Waals surface area contributed by atoms with Crippen LogP contribution in [0.2, 0.25) is 0 Å². The molecule has 2 saturated carbocycles. The number of carbonyl (C=O) groups is 2. The van der Waals surface area contributed by atoms with Gasteiger partial charge in [0, 0.05) is 16.0 Å². The summed E-state index contributed by atoms with van der Waals surface area (Å²) >= 11 is 3.00. The van der Waals surface area contributed by atoms with E-state index in [1.807, 2.05) is 73.7 Å². The predicted molar refractivity (Wildman–Crippen MR) is 159 cm³/mol. The minimum Gasteiger partial charge on any atom is -0.489 e. The van der Waals surface area contributed by atoms with Gasteiger partial charge in [-0.05, 0) is 66.5 Å². The van der Waals surface area contributed by atoms with Crippen LogP contribution in [0.25, 0.3) is 0 Å². The molecule has 0 unspecified atom stereocenters. The summed E-state index contributed by atoms with van der Waals surface area (Å²) in [6, 6.07) is 26.0. The maximum atomic E-state index is 13.9. The number of thiazole rings is 1. The van der Waals surface area contributed by atoms with Crippen molar-refractivity contribution in [1.29, 1.82) is 0 Å². The van der Waals surface area contributed by atoms with Crippen LogP contribution in [0.15, 0.2) is 88.7 Å². The number of ether oxygens (including phenoxy) is 1. The summed E-state index contributed by atoms with van der Waals surface area (Å²) in [6.07, 6.45) is 0.880. The first-order valence-electron chi connectivity index (χ1n) is 14.1. The molecule has 2 bridgehead atoms. The fraction of sp³-hybridized carbons (Fsp3) is 0.303. The van der Waals surface area contributed by atoms with Crippen molar-refractivity contribution in [3.05, 3.63) is 110 Å². The van der Waals surface area contributed by atoms with Gasteiger partial charge in [-0.3, -0.25) is 19.3 Å². The van der Waals surface area contributed by atoms with Crippen LogP contribution < -0.4 is 14.5 Å². The van der Waals surface area contributed by atoms with Gasteiger partial charge < -0.3 is 9.72 Å². The molecule has 2 amide bonds. The largest absolute Gasteiger partial charge is 0.489 e. The van der Waals surface area contributed by atoms with E-state index in [0.29, 0.717) is 12.3 Å². The van der Waals surface area contributed by atoms with Crippen molar-refractivity contribution in [1.82, 2.24) is 4.98 Å². The molecule has 8 heteroatoms. The number of hydrogen-bond acceptors (Lipinski definition) is 6. The van der Waals surface area contributed by atoms with E-state index in [9.17, 15) is 14.4 Å². The van der Waals surface area contributed by atoms with Gasteiger partial charge in [-0.25, -0.2) is 0 Å². The van der Waals surface area contributed by atoms with Gasteiger partial charge in [0.25, 0.3) is 0 Å². The number of imide groups is 1. The summed E-state index contributed by atoms with van der Waals surface area (Å²) in [7, 11) is 0. The van der Waals surface area contributed by atoms with Crippen LogP contribution in [-0.4, -0.2) is 22.0 Å². The Morgan fingerprint density at radius 2 is 1.59 bits per heavy atom. The molecule has 1 aromatic heterocycles. The smallest absolute Gasteiger partial charge is 0.305 e. The minimum absolute atomic E-state index is 0.00403. The van der Waals surface area contributed by atoms with Crippen molar-refractivity contribution in [3.8, 4) is 5.75 Å². The molecule has 8 rings (SSSR count). The first-order valence-corrected chi connectivity index (χ1v) is 15.8. The number of aromatic nitrogens is 1. The second-order valence-corrected chi connectivity index (χ2v) is 13.9. The third-order valence-corrected chi connectivity index (χ3v) is 12.1. The average molecular weight is 581 g/mol. The lowest BCUT2D eigenvalue weighted by Gasteiger charge is -2.43. The number of H-pyrrole nitrogens is 1. The van der Waals surface area contributed by atoms with Gasteiger partial charge in [-0.1, -0.05) is 71.5 Å². The van der Waals surface area contributed by atoms with Crippen molar-refractivity contribution < 1.29 is 14.3 Å². The lowest BCUT2D eigenvalue weighted by molar-refractivity contribution is -0.123. The van der Waals surface area contributed by atoms with Crippen LogP contribution >= 0.6 is 23.1 Å². The molecule has 7 atom stereocenters. The molecule has 4 aliphatic rings. The number of thioether (sulfide) groups is 1. The van der Waals surface area contributed by atoms with E-state index in [2.05, 4.69) is 17.1 Å². The fourth-order valence-electron chi connectivity index (χ4n) is 7.85. The topological polar surface area (TPSA) is 79.5 Å². The van der Waals surface area contributed by atoms with Gasteiger partial charge >= 0.3 is 4.87 Å². The van der Waals surface area contributed by atoms with Crippen LogP contribution in [0, 0.1) is 36.5 Å². The number of amides is 2. The predicted octanol–water partition coefficient (Wildman–Crippen LogP) is 6.00. The number of carbonyl (C=O) groups excluding carboxylic acids is 2. The van der Waals surface area contributed by atoms with E-state index in [1.165, 1.54) is 16.2 Å². The molecule has 2 aliphatic carbocycles. The van der Waals surface area contributed by atoms with E-state index >= 15 is 0 Å². The Balaban J connectivity index is 1.13. The summed E-state index contributed by atoms with van der Waals surface area (Å²) in [4.78, 5) is 45.7. The molecular weight excluding hydrogens is 553 g/mol. The molecule has 0 spiro atoms. The number of aryl methyl sites for hydroxylation is 1. The molecule has 3 aromatic carbocycles. The van der Waals surface area contributed by atoms with Crippen molar-refractivity contribution >= 4 is 40.6 Å². The highest BCUT2D eigenvalue weighted by Crippen LogP contribution is 2.68. The Morgan fingerprint density at radius 1 is 0.878 bits per heavy atom. The quantitative estimate of drug-likeness (QED) is 0.293. The first kappa shape index (κ1) is 25.1. The van der Waals surface area contributed by atoms with Crippen LogP contribution in [-0.2, 0) is 16.2 Å².